The molecule has 0 amide bonds. The second kappa shape index (κ2) is 9.99. The van der Waals surface area contributed by atoms with E-state index in [0.29, 0.717) is 18.5 Å². The minimum Gasteiger partial charge on any atom is -0.393 e. The molecule has 0 bridgehead atoms. The number of alkyl halides is 1. The van der Waals surface area contributed by atoms with Crippen molar-refractivity contribution in [3.05, 3.63) is 34.5 Å². The van der Waals surface area contributed by atoms with Gasteiger partial charge >= 0.3 is 0 Å². The fourth-order valence-electron chi connectivity index (χ4n) is 4.74. The van der Waals surface area contributed by atoms with Crippen LogP contribution in [0.25, 0.3) is 0 Å². The van der Waals surface area contributed by atoms with Crippen molar-refractivity contribution < 1.29 is 22.3 Å². The van der Waals surface area contributed by atoms with Crippen LogP contribution >= 0.6 is 22.9 Å². The van der Waals surface area contributed by atoms with Gasteiger partial charge < -0.3 is 10.4 Å². The molecule has 3 atom stereocenters. The van der Waals surface area contributed by atoms with E-state index in [0.717, 1.165) is 55.7 Å². The number of aromatic nitrogens is 1. The molecule has 2 fully saturated rings. The van der Waals surface area contributed by atoms with E-state index in [9.17, 15) is 22.3 Å². The smallest absolute Gasteiger partial charge is 0.266 e. The molecule has 2 heterocycles. The maximum atomic E-state index is 14.9. The Morgan fingerprint density at radius 3 is 2.82 bits per heavy atom. The Labute approximate surface area is 201 Å². The predicted octanol–water partition coefficient (Wildman–Crippen LogP) is 4.26. The summed E-state index contributed by atoms with van der Waals surface area (Å²) in [5.74, 6) is -0.931. The molecule has 1 saturated carbocycles. The fraction of sp³-hybridized carbons (Fsp3) is 0.571. The number of likely N-dealkylation sites (tertiary alicyclic amines) is 1. The lowest BCUT2D eigenvalue weighted by molar-refractivity contribution is -0.0236. The van der Waals surface area contributed by atoms with Gasteiger partial charge in [-0.05, 0) is 44.4 Å². The maximum Gasteiger partial charge on any atom is 0.266 e. The van der Waals surface area contributed by atoms with Crippen molar-refractivity contribution >= 4 is 43.8 Å². The minimum absolute atomic E-state index is 0.00910. The van der Waals surface area contributed by atoms with Crippen LogP contribution in [0.15, 0.2) is 28.6 Å². The van der Waals surface area contributed by atoms with Gasteiger partial charge in [0.05, 0.1) is 17.3 Å². The van der Waals surface area contributed by atoms with Crippen LogP contribution < -0.4 is 10.0 Å². The van der Waals surface area contributed by atoms with Crippen LogP contribution in [0.1, 0.15) is 38.5 Å². The van der Waals surface area contributed by atoms with Gasteiger partial charge in [0.15, 0.2) is 5.13 Å². The number of rotatable bonds is 7. The number of nitrogens with zero attached hydrogens (tertiary/aromatic N) is 2. The molecule has 1 aliphatic carbocycles. The van der Waals surface area contributed by atoms with E-state index in [2.05, 4.69) is 19.9 Å². The zero-order valence-corrected chi connectivity index (χ0v) is 20.3. The van der Waals surface area contributed by atoms with Gasteiger partial charge in [-0.3, -0.25) is 9.62 Å². The molecular weight excluding hydrogens is 494 g/mol. The zero-order chi connectivity index (χ0) is 23.6. The van der Waals surface area contributed by atoms with Crippen LogP contribution in [-0.4, -0.2) is 60.9 Å². The normalized spacial score (nSPS) is 26.8. The van der Waals surface area contributed by atoms with Crippen molar-refractivity contribution in [3.63, 3.8) is 0 Å². The summed E-state index contributed by atoms with van der Waals surface area (Å²) in [6.07, 6.45) is 6.05. The number of halogens is 3. The summed E-state index contributed by atoms with van der Waals surface area (Å²) < 4.78 is 57.1. The van der Waals surface area contributed by atoms with Gasteiger partial charge in [0.2, 0.25) is 0 Å². The molecule has 182 valence electrons. The monoisotopic (exact) mass is 520 g/mol. The number of thiazole rings is 1. The molecule has 1 aromatic carbocycles. The van der Waals surface area contributed by atoms with Crippen LogP contribution in [0.5, 0.6) is 0 Å². The van der Waals surface area contributed by atoms with E-state index in [1.54, 1.807) is 5.38 Å². The number of nitrogens with one attached hydrogen (secondary N) is 2. The first kappa shape index (κ1) is 24.6. The molecule has 0 spiro atoms. The van der Waals surface area contributed by atoms with Gasteiger partial charge in [0.25, 0.3) is 10.0 Å². The molecule has 2 aromatic rings. The van der Waals surface area contributed by atoms with Crippen molar-refractivity contribution in [2.45, 2.75) is 61.2 Å². The Morgan fingerprint density at radius 2 is 2.09 bits per heavy atom. The molecule has 1 aromatic heterocycles. The number of hydrogen-bond acceptors (Lipinski definition) is 7. The first-order chi connectivity index (χ1) is 15.7. The third-order valence-corrected chi connectivity index (χ3v) is 8.83. The molecule has 7 nitrogen and oxygen atoms in total. The van der Waals surface area contributed by atoms with Crippen molar-refractivity contribution in [3.8, 4) is 0 Å². The van der Waals surface area contributed by atoms with Gasteiger partial charge in [0.1, 0.15) is 16.4 Å². The van der Waals surface area contributed by atoms with E-state index in [4.69, 9.17) is 11.6 Å². The number of hydrogen-bond donors (Lipinski definition) is 3. The van der Waals surface area contributed by atoms with Crippen LogP contribution in [0.4, 0.5) is 19.6 Å². The van der Waals surface area contributed by atoms with E-state index in [-0.39, 0.29) is 28.8 Å². The molecule has 1 saturated heterocycles. The Balaban J connectivity index is 1.53. The lowest BCUT2D eigenvalue weighted by atomic mass is 9.86. The highest BCUT2D eigenvalue weighted by atomic mass is 35.5. The van der Waals surface area contributed by atoms with Gasteiger partial charge in [-0.15, -0.1) is 11.3 Å². The maximum absolute atomic E-state index is 14.9. The lowest BCUT2D eigenvalue weighted by Crippen LogP contribution is -2.56. The summed E-state index contributed by atoms with van der Waals surface area (Å²) in [4.78, 5) is 5.36. The second-order valence-corrected chi connectivity index (χ2v) is 11.6. The third-order valence-electron chi connectivity index (χ3n) is 6.34. The summed E-state index contributed by atoms with van der Waals surface area (Å²) in [7, 11) is -4.19. The molecule has 1 aliphatic heterocycles. The lowest BCUT2D eigenvalue weighted by Gasteiger charge is -2.45. The van der Waals surface area contributed by atoms with Crippen LogP contribution in [-0.2, 0) is 10.0 Å². The van der Waals surface area contributed by atoms with Crippen LogP contribution in [0.2, 0.25) is 5.02 Å². The number of aliphatic hydroxyl groups excluding tert-OH is 1. The van der Waals surface area contributed by atoms with Gasteiger partial charge in [-0.25, -0.2) is 22.2 Å². The molecule has 2 aliphatic rings. The van der Waals surface area contributed by atoms with E-state index >= 15 is 0 Å². The summed E-state index contributed by atoms with van der Waals surface area (Å²) >= 11 is 7.45. The molecule has 4 rings (SSSR count). The quantitative estimate of drug-likeness (QED) is 0.505. The number of anilines is 2. The van der Waals surface area contributed by atoms with Gasteiger partial charge in [-0.1, -0.05) is 24.4 Å². The SMILES string of the molecule is O=S(=O)(Nc1nccs1)c1cc(Cl)c(N[C@H]2CCCC[C@@H]2N2CCC[C@](F)(CO)C2)cc1F. The molecule has 12 heteroatoms. The highest BCUT2D eigenvalue weighted by Gasteiger charge is 2.40. The topological polar surface area (TPSA) is 94.6 Å². The highest BCUT2D eigenvalue weighted by molar-refractivity contribution is 7.93. The molecule has 0 radical (unpaired) electrons. The van der Waals surface area contributed by atoms with Crippen LogP contribution in [0.3, 0.4) is 0 Å². The molecule has 0 unspecified atom stereocenters. The fourth-order valence-corrected chi connectivity index (χ4v) is 6.90. The predicted molar refractivity (Wildman–Crippen MR) is 126 cm³/mol. The average Bonchev–Trinajstić information content (AvgIpc) is 3.28. The molecular formula is C21H27ClF2N4O3S2. The Morgan fingerprint density at radius 1 is 1.30 bits per heavy atom. The third kappa shape index (κ3) is 5.59. The van der Waals surface area contributed by atoms with E-state index < -0.39 is 33.0 Å². The first-order valence-corrected chi connectivity index (χ1v) is 13.7. The van der Waals surface area contributed by atoms with Crippen molar-refractivity contribution in [2.24, 2.45) is 0 Å². The van der Waals surface area contributed by atoms with Gasteiger partial charge in [-0.2, -0.15) is 0 Å². The number of aliphatic hydroxyl groups is 1. The molecule has 3 N–H and O–H groups in total. The van der Waals surface area contributed by atoms with Crippen molar-refractivity contribution in [2.75, 3.05) is 29.7 Å². The van der Waals surface area contributed by atoms with Gasteiger partial charge in [0, 0.05) is 30.2 Å². The Bertz CT molecular complexity index is 1070. The second-order valence-electron chi connectivity index (χ2n) is 8.69. The van der Waals surface area contributed by atoms with Crippen molar-refractivity contribution in [1.29, 1.82) is 0 Å². The van der Waals surface area contributed by atoms with E-state index in [1.165, 1.54) is 6.20 Å². The summed E-state index contributed by atoms with van der Waals surface area (Å²) in [5.41, 5.74) is -1.31. The number of sulfonamides is 1. The Kier molecular flexibility index (Phi) is 7.44. The van der Waals surface area contributed by atoms with Crippen LogP contribution in [0, 0.1) is 5.82 Å². The number of piperidine rings is 1. The van der Waals surface area contributed by atoms with E-state index in [1.807, 2.05) is 0 Å². The number of benzene rings is 1. The summed E-state index contributed by atoms with van der Waals surface area (Å²) in [6.45, 7) is 0.389. The molecule has 33 heavy (non-hydrogen) atoms. The highest BCUT2D eigenvalue weighted by Crippen LogP contribution is 2.35. The standard InChI is InChI=1S/C21H27ClF2N4O3S2/c22-14-10-19(33(30,31)27-20-25-7-9-32-20)15(23)11-17(14)26-16-4-1-2-5-18(16)28-8-3-6-21(24,12-28)13-29/h7,9-11,16,18,26,29H,1-6,8,12-13H2,(H,25,27)/t16-,18-,21+/m0/s1. The van der Waals surface area contributed by atoms with Crippen molar-refractivity contribution in [1.82, 2.24) is 9.88 Å². The zero-order valence-electron chi connectivity index (χ0n) is 17.9. The summed E-state index contributed by atoms with van der Waals surface area (Å²) in [6, 6.07) is 2.09. The average molecular weight is 521 g/mol. The largest absolute Gasteiger partial charge is 0.393 e. The summed E-state index contributed by atoms with van der Waals surface area (Å²) in [5, 5.41) is 14.6. The Hall–Kier alpha value is -1.53. The minimum atomic E-state index is -4.19. The first-order valence-electron chi connectivity index (χ1n) is 10.9.